The molecule has 3 N–H and O–H groups in total. The summed E-state index contributed by atoms with van der Waals surface area (Å²) in [6, 6.07) is 3.71. The first-order chi connectivity index (χ1) is 9.43. The molecule has 1 aromatic rings. The van der Waals surface area contributed by atoms with Crippen molar-refractivity contribution in [1.82, 2.24) is 5.32 Å². The van der Waals surface area contributed by atoms with Crippen molar-refractivity contribution in [3.8, 4) is 0 Å². The van der Waals surface area contributed by atoms with Crippen LogP contribution in [0.5, 0.6) is 0 Å². The predicted molar refractivity (Wildman–Crippen MR) is 66.4 cm³/mol. The molecule has 5 nitrogen and oxygen atoms in total. The summed E-state index contributed by atoms with van der Waals surface area (Å²) >= 11 is 0. The highest BCUT2D eigenvalue weighted by molar-refractivity contribution is 5.89. The predicted octanol–water partition coefficient (Wildman–Crippen LogP) is 1.84. The molecule has 0 aliphatic heterocycles. The maximum atomic E-state index is 12.5. The largest absolute Gasteiger partial charge is 0.416 e. The van der Waals surface area contributed by atoms with E-state index >= 15 is 0 Å². The van der Waals surface area contributed by atoms with Gasteiger partial charge in [0.25, 0.3) is 0 Å². The van der Waals surface area contributed by atoms with Crippen LogP contribution in [0.25, 0.3) is 0 Å². The minimum Gasteiger partial charge on any atom is -0.394 e. The highest BCUT2D eigenvalue weighted by Gasteiger charge is 2.30. The van der Waals surface area contributed by atoms with E-state index in [1.165, 1.54) is 12.1 Å². The minimum absolute atomic E-state index is 0.0496. The van der Waals surface area contributed by atoms with Crippen LogP contribution in [-0.2, 0) is 10.9 Å². The molecule has 0 bridgehead atoms. The molecule has 0 radical (unpaired) electrons. The fourth-order valence-electron chi connectivity index (χ4n) is 1.35. The first-order valence-corrected chi connectivity index (χ1v) is 5.84. The Hall–Kier alpha value is -1.80. The Morgan fingerprint density at radius 1 is 1.30 bits per heavy atom. The lowest BCUT2D eigenvalue weighted by Gasteiger charge is -2.10. The molecule has 0 heterocycles. The zero-order valence-electron chi connectivity index (χ0n) is 10.5. The van der Waals surface area contributed by atoms with Crippen molar-refractivity contribution in [2.24, 2.45) is 0 Å². The van der Waals surface area contributed by atoms with Gasteiger partial charge in [-0.1, -0.05) is 6.07 Å². The van der Waals surface area contributed by atoms with Crippen LogP contribution in [0.1, 0.15) is 5.56 Å². The molecule has 8 heteroatoms. The molecule has 1 rings (SSSR count). The molecule has 0 unspecified atom stereocenters. The van der Waals surface area contributed by atoms with E-state index in [0.717, 1.165) is 12.1 Å². The minimum atomic E-state index is -4.45. The number of carbonyl (C=O) groups excluding carboxylic acids is 1. The van der Waals surface area contributed by atoms with E-state index in [9.17, 15) is 18.0 Å². The Bertz CT molecular complexity index is 438. The number of urea groups is 1. The number of hydrogen-bond donors (Lipinski definition) is 3. The van der Waals surface area contributed by atoms with Crippen molar-refractivity contribution < 1.29 is 27.8 Å². The highest BCUT2D eigenvalue weighted by atomic mass is 19.4. The van der Waals surface area contributed by atoms with E-state index in [-0.39, 0.29) is 32.1 Å². The van der Waals surface area contributed by atoms with Crippen molar-refractivity contribution in [2.75, 3.05) is 31.7 Å². The van der Waals surface area contributed by atoms with Gasteiger partial charge >= 0.3 is 12.2 Å². The molecule has 1 aromatic carbocycles. The standard InChI is InChI=1S/C12H15F3N2O3/c13-12(14,15)9-2-1-3-10(8-9)17-11(19)16-4-6-20-7-5-18/h1-3,8,18H,4-7H2,(H2,16,17,19). The molecule has 0 aliphatic rings. The third kappa shape index (κ3) is 5.89. The summed E-state index contributed by atoms with van der Waals surface area (Å²) in [5, 5.41) is 13.1. The van der Waals surface area contributed by atoms with Gasteiger partial charge in [0.1, 0.15) is 0 Å². The molecule has 112 valence electrons. The fraction of sp³-hybridized carbons (Fsp3) is 0.417. The number of alkyl halides is 3. The number of ether oxygens (including phenoxy) is 1. The Labute approximate surface area is 113 Å². The Morgan fingerprint density at radius 2 is 2.05 bits per heavy atom. The first-order valence-electron chi connectivity index (χ1n) is 5.84. The maximum absolute atomic E-state index is 12.5. The summed E-state index contributed by atoms with van der Waals surface area (Å²) in [6.45, 7) is 0.439. The monoisotopic (exact) mass is 292 g/mol. The summed E-state index contributed by atoms with van der Waals surface area (Å²) < 4.78 is 42.3. The van der Waals surface area contributed by atoms with E-state index < -0.39 is 17.8 Å². The lowest BCUT2D eigenvalue weighted by Crippen LogP contribution is -2.31. The topological polar surface area (TPSA) is 70.6 Å². The quantitative estimate of drug-likeness (QED) is 0.701. The Kier molecular flexibility index (Phi) is 6.26. The van der Waals surface area contributed by atoms with Crippen LogP contribution in [0.2, 0.25) is 0 Å². The molecule has 2 amide bonds. The van der Waals surface area contributed by atoms with Gasteiger partial charge in [0.2, 0.25) is 0 Å². The smallest absolute Gasteiger partial charge is 0.394 e. The molecule has 0 saturated carbocycles. The van der Waals surface area contributed by atoms with Crippen LogP contribution >= 0.6 is 0 Å². The molecule has 0 fully saturated rings. The number of rotatable bonds is 6. The fourth-order valence-corrected chi connectivity index (χ4v) is 1.35. The number of aliphatic hydroxyl groups is 1. The van der Waals surface area contributed by atoms with Crippen LogP contribution in [0.3, 0.4) is 0 Å². The number of carbonyl (C=O) groups is 1. The Balaban J connectivity index is 2.42. The highest BCUT2D eigenvalue weighted by Crippen LogP contribution is 2.30. The Morgan fingerprint density at radius 3 is 2.70 bits per heavy atom. The second-order valence-electron chi connectivity index (χ2n) is 3.80. The average Bonchev–Trinajstić information content (AvgIpc) is 2.38. The SMILES string of the molecule is O=C(NCCOCCO)Nc1cccc(C(F)(F)F)c1. The van der Waals surface area contributed by atoms with Gasteiger partial charge in [0, 0.05) is 12.2 Å². The van der Waals surface area contributed by atoms with Gasteiger partial charge in [-0.15, -0.1) is 0 Å². The lowest BCUT2D eigenvalue weighted by molar-refractivity contribution is -0.137. The number of hydrogen-bond acceptors (Lipinski definition) is 3. The van der Waals surface area contributed by atoms with E-state index in [0.29, 0.717) is 0 Å². The van der Waals surface area contributed by atoms with Crippen LogP contribution in [0.4, 0.5) is 23.7 Å². The summed E-state index contributed by atoms with van der Waals surface area (Å²) in [7, 11) is 0. The van der Waals surface area contributed by atoms with Crippen molar-refractivity contribution in [1.29, 1.82) is 0 Å². The van der Waals surface area contributed by atoms with E-state index in [1.807, 2.05) is 0 Å². The van der Waals surface area contributed by atoms with E-state index in [4.69, 9.17) is 9.84 Å². The normalized spacial score (nSPS) is 11.2. The number of benzene rings is 1. The molecule has 0 atom stereocenters. The van der Waals surface area contributed by atoms with E-state index in [2.05, 4.69) is 10.6 Å². The molecular formula is C12H15F3N2O3. The third-order valence-electron chi connectivity index (χ3n) is 2.22. The maximum Gasteiger partial charge on any atom is 0.416 e. The number of anilines is 1. The van der Waals surface area contributed by atoms with Crippen molar-refractivity contribution in [3.63, 3.8) is 0 Å². The zero-order valence-corrected chi connectivity index (χ0v) is 10.5. The number of aliphatic hydroxyl groups excluding tert-OH is 1. The third-order valence-corrected chi connectivity index (χ3v) is 2.22. The van der Waals surface area contributed by atoms with Gasteiger partial charge in [-0.2, -0.15) is 13.2 Å². The summed E-state index contributed by atoms with van der Waals surface area (Å²) in [6.07, 6.45) is -4.45. The summed E-state index contributed by atoms with van der Waals surface area (Å²) in [4.78, 5) is 11.4. The first kappa shape index (κ1) is 16.3. The second kappa shape index (κ2) is 7.71. The van der Waals surface area contributed by atoms with Crippen LogP contribution in [-0.4, -0.2) is 37.5 Å². The number of nitrogens with one attached hydrogen (secondary N) is 2. The van der Waals surface area contributed by atoms with Crippen molar-refractivity contribution >= 4 is 11.7 Å². The van der Waals surface area contributed by atoms with Gasteiger partial charge in [-0.05, 0) is 18.2 Å². The molecule has 0 saturated heterocycles. The number of halogens is 3. The van der Waals surface area contributed by atoms with Crippen LogP contribution < -0.4 is 10.6 Å². The second-order valence-corrected chi connectivity index (χ2v) is 3.80. The van der Waals surface area contributed by atoms with Gasteiger partial charge in [0.05, 0.1) is 25.4 Å². The lowest BCUT2D eigenvalue weighted by atomic mass is 10.2. The van der Waals surface area contributed by atoms with Crippen LogP contribution in [0.15, 0.2) is 24.3 Å². The molecule has 0 aromatic heterocycles. The van der Waals surface area contributed by atoms with Crippen molar-refractivity contribution in [3.05, 3.63) is 29.8 Å². The molecular weight excluding hydrogens is 277 g/mol. The zero-order chi connectivity index (χ0) is 15.0. The summed E-state index contributed by atoms with van der Waals surface area (Å²) in [5.74, 6) is 0. The van der Waals surface area contributed by atoms with Crippen LogP contribution in [0, 0.1) is 0 Å². The van der Waals surface area contributed by atoms with Gasteiger partial charge in [-0.3, -0.25) is 0 Å². The van der Waals surface area contributed by atoms with Gasteiger partial charge < -0.3 is 20.5 Å². The van der Waals surface area contributed by atoms with Gasteiger partial charge in [0.15, 0.2) is 0 Å². The van der Waals surface area contributed by atoms with E-state index in [1.54, 1.807) is 0 Å². The summed E-state index contributed by atoms with van der Waals surface area (Å²) in [5.41, 5.74) is -0.782. The number of amides is 2. The molecule has 20 heavy (non-hydrogen) atoms. The van der Waals surface area contributed by atoms with Gasteiger partial charge in [-0.25, -0.2) is 4.79 Å². The average molecular weight is 292 g/mol. The molecule has 0 aliphatic carbocycles. The van der Waals surface area contributed by atoms with Crippen molar-refractivity contribution in [2.45, 2.75) is 6.18 Å². The molecule has 0 spiro atoms.